The number of hydrogen-bond acceptors (Lipinski definition) is 6. The van der Waals surface area contributed by atoms with Crippen LogP contribution in [0.3, 0.4) is 0 Å². The normalized spacial score (nSPS) is 14.0. The number of sulfone groups is 1. The van der Waals surface area contributed by atoms with Gasteiger partial charge < -0.3 is 9.74 Å². The van der Waals surface area contributed by atoms with E-state index in [1.807, 2.05) is 33.9 Å². The minimum Gasteiger partial charge on any atom is -0.412 e. The number of amides is 2. The van der Waals surface area contributed by atoms with Gasteiger partial charge in [0, 0.05) is 17.5 Å². The van der Waals surface area contributed by atoms with E-state index in [1.165, 1.54) is 30.3 Å². The highest BCUT2D eigenvalue weighted by Crippen LogP contribution is 2.39. The molecule has 0 radical (unpaired) electrons. The lowest BCUT2D eigenvalue weighted by molar-refractivity contribution is -0.136. The highest BCUT2D eigenvalue weighted by Gasteiger charge is 2.41. The Labute approximate surface area is 233 Å². The molecule has 0 aromatic heterocycles. The van der Waals surface area contributed by atoms with Gasteiger partial charge in [0.15, 0.2) is 23.8 Å². The van der Waals surface area contributed by atoms with Crippen LogP contribution >= 0.6 is 0 Å². The molecule has 2 rings (SSSR count). The molecular formula is C26H33F3N4O5SSi. The first-order chi connectivity index (χ1) is 18.2. The van der Waals surface area contributed by atoms with Crippen LogP contribution in [0.5, 0.6) is 0 Å². The molecule has 0 aliphatic heterocycles. The summed E-state index contributed by atoms with van der Waals surface area (Å²) in [7, 11) is -5.92. The van der Waals surface area contributed by atoms with E-state index in [0.29, 0.717) is 0 Å². The number of hydrogen-bond donors (Lipinski definition) is 3. The van der Waals surface area contributed by atoms with Crippen molar-refractivity contribution in [2.24, 2.45) is 0 Å². The van der Waals surface area contributed by atoms with Crippen molar-refractivity contribution in [2.75, 3.05) is 11.6 Å². The van der Waals surface area contributed by atoms with Gasteiger partial charge in [0.2, 0.25) is 0 Å². The van der Waals surface area contributed by atoms with Crippen molar-refractivity contribution in [2.45, 2.75) is 69.0 Å². The van der Waals surface area contributed by atoms with Crippen molar-refractivity contribution in [3.63, 3.8) is 0 Å². The van der Waals surface area contributed by atoms with Crippen molar-refractivity contribution < 1.29 is 35.6 Å². The molecule has 9 nitrogen and oxygen atoms in total. The van der Waals surface area contributed by atoms with Gasteiger partial charge in [-0.2, -0.15) is 13.2 Å². The minimum atomic E-state index is -4.79. The van der Waals surface area contributed by atoms with Crippen LogP contribution in [-0.2, 0) is 25.2 Å². The third-order valence-electron chi connectivity index (χ3n) is 6.63. The number of halogens is 3. The molecule has 0 saturated carbocycles. The van der Waals surface area contributed by atoms with Gasteiger partial charge in [-0.05, 0) is 61.5 Å². The lowest BCUT2D eigenvalue weighted by Gasteiger charge is -2.40. The Morgan fingerprint density at radius 3 is 2.08 bits per heavy atom. The zero-order valence-corrected chi connectivity index (χ0v) is 25.0. The first kappa shape index (κ1) is 32.8. The van der Waals surface area contributed by atoms with Crippen molar-refractivity contribution in [1.29, 1.82) is 0 Å². The predicted octanol–water partition coefficient (Wildman–Crippen LogP) is 5.31. The molecule has 218 valence electrons. The Morgan fingerprint density at radius 1 is 1.02 bits per heavy atom. The molecule has 0 saturated heterocycles. The number of nitrogens with zero attached hydrogens (tertiary/aromatic N) is 1. The first-order valence-electron chi connectivity index (χ1n) is 12.1. The van der Waals surface area contributed by atoms with Crippen LogP contribution in [0, 0.1) is 6.57 Å². The summed E-state index contributed by atoms with van der Waals surface area (Å²) in [5.41, 5.74) is 2.74. The maximum Gasteiger partial charge on any atom is 0.407 e. The molecule has 14 heteroatoms. The smallest absolute Gasteiger partial charge is 0.407 e. The van der Waals surface area contributed by atoms with Crippen molar-refractivity contribution >= 4 is 41.3 Å². The van der Waals surface area contributed by atoms with Crippen molar-refractivity contribution in [3.8, 4) is 0 Å². The molecule has 2 aromatic rings. The SMILES string of the molecule is [C-]#[N+]c1ccc(N[C@@H](C(=O)NNC(=O)c2ccc(S(C)(=O)=O)cc2)C(C)O[Si](C)(C)C(C)(C)C)cc1C(F)(F)F. The number of nitrogens with one attached hydrogen (secondary N) is 3. The minimum absolute atomic E-state index is 0.0106. The summed E-state index contributed by atoms with van der Waals surface area (Å²) in [4.78, 5) is 28.8. The first-order valence-corrected chi connectivity index (χ1v) is 16.9. The number of anilines is 1. The van der Waals surface area contributed by atoms with Crippen LogP contribution < -0.4 is 16.2 Å². The number of rotatable bonds is 8. The van der Waals surface area contributed by atoms with Gasteiger partial charge in [0.1, 0.15) is 6.04 Å². The summed E-state index contributed by atoms with van der Waals surface area (Å²) in [6.45, 7) is 18.5. The van der Waals surface area contributed by atoms with E-state index >= 15 is 0 Å². The van der Waals surface area contributed by atoms with Gasteiger partial charge in [-0.3, -0.25) is 20.4 Å². The highest BCUT2D eigenvalue weighted by molar-refractivity contribution is 7.90. The molecule has 1 unspecified atom stereocenters. The number of alkyl halides is 3. The van der Waals surface area contributed by atoms with Crippen LogP contribution in [-0.4, -0.2) is 47.0 Å². The quantitative estimate of drug-likeness (QED) is 0.215. The van der Waals surface area contributed by atoms with Crippen molar-refractivity contribution in [1.82, 2.24) is 10.9 Å². The molecule has 3 N–H and O–H groups in total. The van der Waals surface area contributed by atoms with E-state index in [1.54, 1.807) is 6.92 Å². The molecule has 40 heavy (non-hydrogen) atoms. The fourth-order valence-corrected chi connectivity index (χ4v) is 5.41. The molecule has 0 bridgehead atoms. The Kier molecular flexibility index (Phi) is 9.83. The Morgan fingerprint density at radius 2 is 1.60 bits per heavy atom. The molecule has 0 fully saturated rings. The number of carbonyl (C=O) groups is 2. The second kappa shape index (κ2) is 12.0. The zero-order chi connectivity index (χ0) is 30.7. The van der Waals surface area contributed by atoms with Crippen molar-refractivity contribution in [3.05, 3.63) is 65.0 Å². The van der Waals surface area contributed by atoms with E-state index in [4.69, 9.17) is 11.0 Å². The predicted molar refractivity (Wildman–Crippen MR) is 148 cm³/mol. The summed E-state index contributed by atoms with van der Waals surface area (Å²) in [6, 6.07) is 6.80. The number of hydrazine groups is 1. The average molecular weight is 599 g/mol. The van der Waals surface area contributed by atoms with E-state index < -0.39 is 59.5 Å². The number of benzene rings is 2. The fourth-order valence-electron chi connectivity index (χ4n) is 3.36. The van der Waals surface area contributed by atoms with Gasteiger partial charge in [-0.1, -0.05) is 26.8 Å². The highest BCUT2D eigenvalue weighted by atomic mass is 32.2. The lowest BCUT2D eigenvalue weighted by atomic mass is 10.1. The van der Waals surface area contributed by atoms with Gasteiger partial charge in [0.05, 0.1) is 23.1 Å². The topological polar surface area (TPSA) is 118 Å². The zero-order valence-electron chi connectivity index (χ0n) is 23.2. The van der Waals surface area contributed by atoms with Gasteiger partial charge in [-0.15, -0.1) is 0 Å². The van der Waals surface area contributed by atoms with Gasteiger partial charge >= 0.3 is 6.18 Å². The average Bonchev–Trinajstić information content (AvgIpc) is 2.83. The fraction of sp³-hybridized carbons (Fsp3) is 0.423. The third kappa shape index (κ3) is 8.29. The van der Waals surface area contributed by atoms with Crippen LogP contribution in [0.4, 0.5) is 24.5 Å². The summed E-state index contributed by atoms with van der Waals surface area (Å²) in [5.74, 6) is -1.54. The molecule has 2 atom stereocenters. The van der Waals surface area contributed by atoms with Crippen LogP contribution in [0.1, 0.15) is 43.6 Å². The van der Waals surface area contributed by atoms with Crippen LogP contribution in [0.2, 0.25) is 18.1 Å². The second-order valence-corrected chi connectivity index (χ2v) is 17.6. The molecule has 0 aliphatic rings. The maximum atomic E-state index is 13.5. The monoisotopic (exact) mass is 598 g/mol. The Balaban J connectivity index is 2.33. The van der Waals surface area contributed by atoms with Crippen LogP contribution in [0.25, 0.3) is 4.85 Å². The van der Waals surface area contributed by atoms with Gasteiger partial charge in [-0.25, -0.2) is 13.3 Å². The summed E-state index contributed by atoms with van der Waals surface area (Å²) in [6.07, 6.45) is -4.61. The van der Waals surface area contributed by atoms with E-state index in [-0.39, 0.29) is 21.2 Å². The molecule has 2 aromatic carbocycles. The van der Waals surface area contributed by atoms with Crippen LogP contribution in [0.15, 0.2) is 47.4 Å². The molecule has 2 amide bonds. The van der Waals surface area contributed by atoms with E-state index in [0.717, 1.165) is 18.4 Å². The summed E-state index contributed by atoms with van der Waals surface area (Å²) >= 11 is 0. The molecular weight excluding hydrogens is 565 g/mol. The van der Waals surface area contributed by atoms with E-state index in [9.17, 15) is 31.2 Å². The molecule has 0 heterocycles. The lowest BCUT2D eigenvalue weighted by Crippen LogP contribution is -2.55. The Bertz CT molecular complexity index is 1400. The standard InChI is InChI=1S/C26H33F3N4O5SSi/c1-16(38-40(7,8)25(2,3)4)22(31-18-11-14-21(30-5)20(15-18)26(27,28)29)24(35)33-32-23(34)17-9-12-19(13-10-17)39(6,36)37/h9-16,22,31H,1-4,6-8H3,(H,32,34)(H,33,35)/t16?,22-/m1/s1. The Hall–Kier alpha value is -3.41. The molecule has 0 spiro atoms. The maximum absolute atomic E-state index is 13.5. The third-order valence-corrected chi connectivity index (χ3v) is 12.3. The second-order valence-electron chi connectivity index (χ2n) is 10.8. The summed E-state index contributed by atoms with van der Waals surface area (Å²) in [5, 5.41) is 2.53. The molecule has 0 aliphatic carbocycles. The summed E-state index contributed by atoms with van der Waals surface area (Å²) < 4.78 is 70.2. The number of carbonyl (C=O) groups excluding carboxylic acids is 2. The van der Waals surface area contributed by atoms with Gasteiger partial charge in [0.25, 0.3) is 11.8 Å². The van der Waals surface area contributed by atoms with E-state index in [2.05, 4.69) is 21.0 Å². The largest absolute Gasteiger partial charge is 0.412 e.